The van der Waals surface area contributed by atoms with Crippen LogP contribution in [0.1, 0.15) is 30.6 Å². The molecule has 1 atom stereocenters. The average Bonchev–Trinajstić information content (AvgIpc) is 2.27. The molecule has 0 radical (unpaired) electrons. The summed E-state index contributed by atoms with van der Waals surface area (Å²) in [5, 5.41) is 0. The van der Waals surface area contributed by atoms with Gasteiger partial charge in [-0.25, -0.2) is 4.39 Å². The van der Waals surface area contributed by atoms with Crippen LogP contribution in [-0.4, -0.2) is 18.9 Å². The minimum Gasteiger partial charge on any atom is -0.494 e. The average molecular weight is 239 g/mol. The van der Waals surface area contributed by atoms with E-state index in [0.717, 1.165) is 0 Å². The third kappa shape index (κ3) is 3.53. The van der Waals surface area contributed by atoms with Crippen LogP contribution in [-0.2, 0) is 0 Å². The van der Waals surface area contributed by atoms with Gasteiger partial charge in [-0.15, -0.1) is 0 Å². The fraction of sp³-hybridized carbons (Fsp3) is 0.462. The Bertz CT molecular complexity index is 404. The number of ether oxygens (including phenoxy) is 1. The minimum absolute atomic E-state index is 0.124. The molecule has 0 heterocycles. The number of halogens is 1. The van der Waals surface area contributed by atoms with Gasteiger partial charge in [0.15, 0.2) is 17.3 Å². The summed E-state index contributed by atoms with van der Waals surface area (Å²) in [5.41, 5.74) is 6.06. The molecule has 1 unspecified atom stereocenters. The second-order valence-electron chi connectivity index (χ2n) is 4.45. The number of nitrogens with two attached hydrogens (primary N) is 1. The smallest absolute Gasteiger partial charge is 0.179 e. The minimum atomic E-state index is -0.581. The Labute approximate surface area is 101 Å². The predicted octanol–water partition coefficient (Wildman–Crippen LogP) is 2.39. The van der Waals surface area contributed by atoms with E-state index < -0.39 is 11.9 Å². The Morgan fingerprint density at radius 3 is 2.59 bits per heavy atom. The highest BCUT2D eigenvalue weighted by Gasteiger charge is 2.18. The second kappa shape index (κ2) is 5.77. The number of carbonyl (C=O) groups excluding carboxylic acids is 1. The third-order valence-electron chi connectivity index (χ3n) is 2.50. The monoisotopic (exact) mass is 239 g/mol. The number of hydrogen-bond donors (Lipinski definition) is 1. The summed E-state index contributed by atoms with van der Waals surface area (Å²) in [6.45, 7) is 3.98. The topological polar surface area (TPSA) is 52.3 Å². The predicted molar refractivity (Wildman–Crippen MR) is 64.7 cm³/mol. The maximum absolute atomic E-state index is 13.4. The first-order valence-electron chi connectivity index (χ1n) is 5.59. The van der Waals surface area contributed by atoms with Crippen molar-refractivity contribution in [3.8, 4) is 5.75 Å². The van der Waals surface area contributed by atoms with Crippen molar-refractivity contribution < 1.29 is 13.9 Å². The van der Waals surface area contributed by atoms with Gasteiger partial charge in [0.05, 0.1) is 13.2 Å². The second-order valence-corrected chi connectivity index (χ2v) is 4.45. The third-order valence-corrected chi connectivity index (χ3v) is 2.50. The molecule has 17 heavy (non-hydrogen) atoms. The highest BCUT2D eigenvalue weighted by molar-refractivity contribution is 6.00. The van der Waals surface area contributed by atoms with Crippen LogP contribution >= 0.6 is 0 Å². The maximum atomic E-state index is 13.4. The van der Waals surface area contributed by atoms with Crippen molar-refractivity contribution in [1.82, 2.24) is 0 Å². The van der Waals surface area contributed by atoms with Crippen molar-refractivity contribution >= 4 is 5.78 Å². The Kier molecular flexibility index (Phi) is 4.63. The Morgan fingerprint density at radius 2 is 2.12 bits per heavy atom. The van der Waals surface area contributed by atoms with E-state index in [0.29, 0.717) is 12.3 Å². The molecule has 2 N–H and O–H groups in total. The van der Waals surface area contributed by atoms with Gasteiger partial charge in [0, 0.05) is 5.56 Å². The highest BCUT2D eigenvalue weighted by Crippen LogP contribution is 2.19. The molecule has 4 heteroatoms. The Morgan fingerprint density at radius 1 is 1.47 bits per heavy atom. The van der Waals surface area contributed by atoms with Gasteiger partial charge in [-0.05, 0) is 30.5 Å². The molecule has 0 saturated heterocycles. The van der Waals surface area contributed by atoms with E-state index in [4.69, 9.17) is 10.5 Å². The van der Waals surface area contributed by atoms with E-state index in [1.165, 1.54) is 25.3 Å². The number of carbonyl (C=O) groups is 1. The number of benzene rings is 1. The standard InChI is InChI=1S/C13H18FNO2/c1-8(2)6-11(15)13(16)9-4-5-12(17-3)10(14)7-9/h4-5,7-8,11H,6,15H2,1-3H3. The summed E-state index contributed by atoms with van der Waals surface area (Å²) in [5.74, 6) is -0.327. The summed E-state index contributed by atoms with van der Waals surface area (Å²) in [6.07, 6.45) is 0.590. The van der Waals surface area contributed by atoms with Gasteiger partial charge in [0.2, 0.25) is 0 Å². The van der Waals surface area contributed by atoms with Crippen molar-refractivity contribution in [1.29, 1.82) is 0 Å². The van der Waals surface area contributed by atoms with Crippen molar-refractivity contribution in [3.05, 3.63) is 29.6 Å². The van der Waals surface area contributed by atoms with E-state index >= 15 is 0 Å². The van der Waals surface area contributed by atoms with Crippen LogP contribution in [0.4, 0.5) is 4.39 Å². The quantitative estimate of drug-likeness (QED) is 0.803. The van der Waals surface area contributed by atoms with Crippen LogP contribution in [0, 0.1) is 11.7 Å². The van der Waals surface area contributed by atoms with Crippen molar-refractivity contribution in [2.45, 2.75) is 26.3 Å². The van der Waals surface area contributed by atoms with Crippen molar-refractivity contribution in [2.75, 3.05) is 7.11 Å². The molecule has 0 saturated carbocycles. The molecule has 1 aromatic rings. The lowest BCUT2D eigenvalue weighted by atomic mass is 9.97. The van der Waals surface area contributed by atoms with Crippen LogP contribution in [0.5, 0.6) is 5.75 Å². The van der Waals surface area contributed by atoms with Crippen LogP contribution in [0.15, 0.2) is 18.2 Å². The zero-order valence-corrected chi connectivity index (χ0v) is 10.4. The van der Waals surface area contributed by atoms with Gasteiger partial charge in [-0.3, -0.25) is 4.79 Å². The molecule has 0 amide bonds. The van der Waals surface area contributed by atoms with Crippen LogP contribution < -0.4 is 10.5 Å². The fourth-order valence-electron chi connectivity index (χ4n) is 1.65. The number of Topliss-reactive ketones (excluding diaryl/α,β-unsaturated/α-hetero) is 1. The summed E-state index contributed by atoms with van der Waals surface area (Å²) in [4.78, 5) is 11.9. The molecule has 0 aliphatic rings. The molecule has 0 aromatic heterocycles. The highest BCUT2D eigenvalue weighted by atomic mass is 19.1. The normalized spacial score (nSPS) is 12.6. The lowest BCUT2D eigenvalue weighted by molar-refractivity contribution is 0.0950. The molecule has 1 aromatic carbocycles. The first-order chi connectivity index (χ1) is 7.95. The number of rotatable bonds is 5. The van der Waals surface area contributed by atoms with E-state index in [2.05, 4.69) is 0 Å². The van der Waals surface area contributed by atoms with E-state index in [-0.39, 0.29) is 17.1 Å². The Hall–Kier alpha value is -1.42. The number of hydrogen-bond acceptors (Lipinski definition) is 3. The van der Waals surface area contributed by atoms with Gasteiger partial charge in [-0.2, -0.15) is 0 Å². The van der Waals surface area contributed by atoms with Crippen LogP contribution in [0.2, 0.25) is 0 Å². The molecule has 0 aliphatic carbocycles. The van der Waals surface area contributed by atoms with E-state index in [9.17, 15) is 9.18 Å². The Balaban J connectivity index is 2.86. The molecule has 0 aliphatic heterocycles. The van der Waals surface area contributed by atoms with Crippen LogP contribution in [0.25, 0.3) is 0 Å². The van der Waals surface area contributed by atoms with E-state index in [1.54, 1.807) is 0 Å². The lowest BCUT2D eigenvalue weighted by Gasteiger charge is -2.13. The molecule has 94 valence electrons. The number of ketones is 1. The van der Waals surface area contributed by atoms with Crippen LogP contribution in [0.3, 0.4) is 0 Å². The zero-order valence-electron chi connectivity index (χ0n) is 10.4. The summed E-state index contributed by atoms with van der Waals surface area (Å²) >= 11 is 0. The van der Waals surface area contributed by atoms with Gasteiger partial charge in [0.1, 0.15) is 0 Å². The van der Waals surface area contributed by atoms with Gasteiger partial charge in [0.25, 0.3) is 0 Å². The molecule has 0 spiro atoms. The maximum Gasteiger partial charge on any atom is 0.179 e. The summed E-state index contributed by atoms with van der Waals surface area (Å²) in [7, 11) is 1.38. The zero-order chi connectivity index (χ0) is 13.0. The molecule has 0 fully saturated rings. The molecule has 0 bridgehead atoms. The molecular formula is C13H18FNO2. The van der Waals surface area contributed by atoms with Crippen molar-refractivity contribution in [2.24, 2.45) is 11.7 Å². The van der Waals surface area contributed by atoms with Crippen molar-refractivity contribution in [3.63, 3.8) is 0 Å². The molecule has 1 rings (SSSR count). The van der Waals surface area contributed by atoms with E-state index in [1.807, 2.05) is 13.8 Å². The summed E-state index contributed by atoms with van der Waals surface area (Å²) in [6, 6.07) is 3.55. The first-order valence-corrected chi connectivity index (χ1v) is 5.59. The van der Waals surface area contributed by atoms with Gasteiger partial charge < -0.3 is 10.5 Å². The largest absolute Gasteiger partial charge is 0.494 e. The SMILES string of the molecule is COc1ccc(C(=O)C(N)CC(C)C)cc1F. The fourth-order valence-corrected chi connectivity index (χ4v) is 1.65. The number of methoxy groups -OCH3 is 1. The van der Waals surface area contributed by atoms with Gasteiger partial charge in [-0.1, -0.05) is 13.8 Å². The lowest BCUT2D eigenvalue weighted by Crippen LogP contribution is -2.32. The van der Waals surface area contributed by atoms with Gasteiger partial charge >= 0.3 is 0 Å². The summed E-state index contributed by atoms with van der Waals surface area (Å²) < 4.78 is 18.2. The molecule has 3 nitrogen and oxygen atoms in total. The molecular weight excluding hydrogens is 221 g/mol. The first kappa shape index (κ1) is 13.6.